The van der Waals surface area contributed by atoms with Gasteiger partial charge in [0.05, 0.1) is 0 Å². The molecule has 2 rings (SSSR count). The zero-order valence-electron chi connectivity index (χ0n) is 12.9. The van der Waals surface area contributed by atoms with Crippen LogP contribution in [0.4, 0.5) is 11.5 Å². The minimum absolute atomic E-state index is 0.276. The molecule has 1 aromatic carbocycles. The highest BCUT2D eigenvalue weighted by Crippen LogP contribution is 2.16. The van der Waals surface area contributed by atoms with Gasteiger partial charge in [-0.2, -0.15) is 0 Å². The third-order valence-electron chi connectivity index (χ3n) is 3.16. The Bertz CT molecular complexity index is 675. The molecule has 0 fully saturated rings. The maximum absolute atomic E-state index is 12.3. The molecular formula is C16H19ClN4O. The van der Waals surface area contributed by atoms with Crippen LogP contribution >= 0.6 is 11.6 Å². The van der Waals surface area contributed by atoms with E-state index < -0.39 is 0 Å². The second-order valence-electron chi connectivity index (χ2n) is 5.10. The summed E-state index contributed by atoms with van der Waals surface area (Å²) in [5.74, 6) is 0.905. The molecule has 0 bridgehead atoms. The van der Waals surface area contributed by atoms with Crippen molar-refractivity contribution in [2.75, 3.05) is 10.6 Å². The van der Waals surface area contributed by atoms with Gasteiger partial charge in [-0.1, -0.05) is 24.6 Å². The van der Waals surface area contributed by atoms with Crippen LogP contribution in [0.2, 0.25) is 5.02 Å². The molecule has 0 saturated carbocycles. The van der Waals surface area contributed by atoms with E-state index in [1.807, 2.05) is 0 Å². The van der Waals surface area contributed by atoms with Crippen LogP contribution in [0.1, 0.15) is 36.6 Å². The Hall–Kier alpha value is -2.14. The average molecular weight is 319 g/mol. The number of nitrogens with zero attached hydrogens (tertiary/aromatic N) is 2. The highest BCUT2D eigenvalue weighted by atomic mass is 35.5. The van der Waals surface area contributed by atoms with Gasteiger partial charge in [-0.05, 0) is 38.5 Å². The molecule has 0 saturated heterocycles. The first kappa shape index (κ1) is 16.2. The summed E-state index contributed by atoms with van der Waals surface area (Å²) in [6.45, 7) is 5.90. The first-order chi connectivity index (χ1) is 10.5. The van der Waals surface area contributed by atoms with Gasteiger partial charge in [-0.25, -0.2) is 9.97 Å². The summed E-state index contributed by atoms with van der Waals surface area (Å²) in [5.41, 5.74) is 0.948. The van der Waals surface area contributed by atoms with E-state index in [1.54, 1.807) is 37.3 Å². The third kappa shape index (κ3) is 4.43. The Labute approximate surface area is 135 Å². The normalized spacial score (nSPS) is 11.8. The molecule has 0 radical (unpaired) electrons. The number of rotatable bonds is 5. The van der Waals surface area contributed by atoms with Crippen molar-refractivity contribution < 1.29 is 4.79 Å². The molecule has 1 atom stereocenters. The number of aromatic nitrogens is 2. The summed E-state index contributed by atoms with van der Waals surface area (Å²) < 4.78 is 0. The SMILES string of the molecule is CCC(C)Nc1cc(C(=O)Nc2cccc(Cl)c2)nc(C)n1. The number of hydrogen-bond acceptors (Lipinski definition) is 4. The summed E-state index contributed by atoms with van der Waals surface area (Å²) in [7, 11) is 0. The minimum Gasteiger partial charge on any atom is -0.368 e. The highest BCUT2D eigenvalue weighted by molar-refractivity contribution is 6.30. The standard InChI is InChI=1S/C16H19ClN4O/c1-4-10(2)18-15-9-14(19-11(3)20-15)16(22)21-13-7-5-6-12(17)8-13/h5-10H,4H2,1-3H3,(H,21,22)(H,18,19,20). The first-order valence-corrected chi connectivity index (χ1v) is 7.55. The van der Waals surface area contributed by atoms with E-state index in [4.69, 9.17) is 11.6 Å². The zero-order chi connectivity index (χ0) is 16.1. The summed E-state index contributed by atoms with van der Waals surface area (Å²) in [4.78, 5) is 20.8. The van der Waals surface area contributed by atoms with E-state index in [9.17, 15) is 4.79 Å². The van der Waals surface area contributed by atoms with Gasteiger partial charge < -0.3 is 10.6 Å². The number of amides is 1. The lowest BCUT2D eigenvalue weighted by molar-refractivity contribution is 0.102. The quantitative estimate of drug-likeness (QED) is 0.877. The maximum Gasteiger partial charge on any atom is 0.274 e. The number of carbonyl (C=O) groups excluding carboxylic acids is 1. The molecule has 1 heterocycles. The van der Waals surface area contributed by atoms with Gasteiger partial charge in [0.2, 0.25) is 0 Å². The van der Waals surface area contributed by atoms with Gasteiger partial charge in [-0.3, -0.25) is 4.79 Å². The fraction of sp³-hybridized carbons (Fsp3) is 0.312. The number of aryl methyl sites for hydroxylation is 1. The van der Waals surface area contributed by atoms with Gasteiger partial charge >= 0.3 is 0 Å². The van der Waals surface area contributed by atoms with Crippen LogP contribution < -0.4 is 10.6 Å². The smallest absolute Gasteiger partial charge is 0.274 e. The fourth-order valence-corrected chi connectivity index (χ4v) is 2.06. The van der Waals surface area contributed by atoms with Crippen LogP contribution in [0.3, 0.4) is 0 Å². The lowest BCUT2D eigenvalue weighted by Crippen LogP contribution is -2.18. The number of benzene rings is 1. The van der Waals surface area contributed by atoms with Gasteiger partial charge in [0.25, 0.3) is 5.91 Å². The summed E-state index contributed by atoms with van der Waals surface area (Å²) in [6.07, 6.45) is 0.965. The topological polar surface area (TPSA) is 66.9 Å². The highest BCUT2D eigenvalue weighted by Gasteiger charge is 2.12. The van der Waals surface area contributed by atoms with Crippen LogP contribution in [0.5, 0.6) is 0 Å². The van der Waals surface area contributed by atoms with Crippen molar-refractivity contribution in [3.63, 3.8) is 0 Å². The monoisotopic (exact) mass is 318 g/mol. The Kier molecular flexibility index (Phi) is 5.33. The number of hydrogen-bond donors (Lipinski definition) is 2. The molecule has 2 N–H and O–H groups in total. The zero-order valence-corrected chi connectivity index (χ0v) is 13.6. The van der Waals surface area contributed by atoms with E-state index in [1.165, 1.54) is 0 Å². The van der Waals surface area contributed by atoms with E-state index >= 15 is 0 Å². The van der Waals surface area contributed by atoms with Crippen LogP contribution in [-0.2, 0) is 0 Å². The lowest BCUT2D eigenvalue weighted by atomic mass is 10.2. The molecule has 1 aromatic heterocycles. The summed E-state index contributed by atoms with van der Waals surface area (Å²) in [5, 5.41) is 6.59. The van der Waals surface area contributed by atoms with Crippen LogP contribution in [0, 0.1) is 6.92 Å². The number of halogens is 1. The number of nitrogens with one attached hydrogen (secondary N) is 2. The third-order valence-corrected chi connectivity index (χ3v) is 3.39. The molecule has 1 amide bonds. The molecule has 2 aromatic rings. The molecule has 1 unspecified atom stereocenters. The molecule has 0 spiro atoms. The Morgan fingerprint density at radius 3 is 2.77 bits per heavy atom. The van der Waals surface area contributed by atoms with E-state index in [0.717, 1.165) is 6.42 Å². The Morgan fingerprint density at radius 1 is 1.32 bits per heavy atom. The predicted octanol–water partition coefficient (Wildman–Crippen LogP) is 3.90. The maximum atomic E-state index is 12.3. The van der Waals surface area contributed by atoms with E-state index in [-0.39, 0.29) is 11.9 Å². The van der Waals surface area contributed by atoms with Crippen molar-refractivity contribution in [3.05, 3.63) is 46.9 Å². The second-order valence-corrected chi connectivity index (χ2v) is 5.54. The van der Waals surface area contributed by atoms with Crippen molar-refractivity contribution >= 4 is 29.0 Å². The van der Waals surface area contributed by atoms with Gasteiger partial charge in [0.1, 0.15) is 17.3 Å². The summed E-state index contributed by atoms with van der Waals surface area (Å²) in [6, 6.07) is 8.92. The first-order valence-electron chi connectivity index (χ1n) is 7.17. The second kappa shape index (κ2) is 7.22. The Balaban J connectivity index is 2.18. The average Bonchev–Trinajstić information content (AvgIpc) is 2.46. The number of anilines is 2. The lowest BCUT2D eigenvalue weighted by Gasteiger charge is -2.13. The molecule has 22 heavy (non-hydrogen) atoms. The largest absolute Gasteiger partial charge is 0.368 e. The van der Waals surface area contributed by atoms with Crippen molar-refractivity contribution in [3.8, 4) is 0 Å². The van der Waals surface area contributed by atoms with Gasteiger partial charge in [0, 0.05) is 22.8 Å². The van der Waals surface area contributed by atoms with E-state index in [0.29, 0.717) is 28.0 Å². The fourth-order valence-electron chi connectivity index (χ4n) is 1.87. The van der Waals surface area contributed by atoms with Crippen molar-refractivity contribution in [2.24, 2.45) is 0 Å². The molecule has 6 heteroatoms. The molecule has 0 aliphatic heterocycles. The molecule has 0 aliphatic carbocycles. The van der Waals surface area contributed by atoms with Crippen LogP contribution in [0.25, 0.3) is 0 Å². The van der Waals surface area contributed by atoms with Crippen LogP contribution in [0.15, 0.2) is 30.3 Å². The van der Waals surface area contributed by atoms with Crippen molar-refractivity contribution in [1.29, 1.82) is 0 Å². The number of carbonyl (C=O) groups is 1. The van der Waals surface area contributed by atoms with E-state index in [2.05, 4.69) is 34.4 Å². The molecule has 116 valence electrons. The van der Waals surface area contributed by atoms with Crippen molar-refractivity contribution in [1.82, 2.24) is 9.97 Å². The predicted molar refractivity (Wildman–Crippen MR) is 89.5 cm³/mol. The van der Waals surface area contributed by atoms with Crippen molar-refractivity contribution in [2.45, 2.75) is 33.2 Å². The van der Waals surface area contributed by atoms with Gasteiger partial charge in [-0.15, -0.1) is 0 Å². The molecule has 0 aliphatic rings. The van der Waals surface area contributed by atoms with Gasteiger partial charge in [0.15, 0.2) is 0 Å². The summed E-state index contributed by atoms with van der Waals surface area (Å²) >= 11 is 5.91. The minimum atomic E-state index is -0.292. The Morgan fingerprint density at radius 2 is 2.09 bits per heavy atom. The molecule has 5 nitrogen and oxygen atoms in total. The molecular weight excluding hydrogens is 300 g/mol. The van der Waals surface area contributed by atoms with Crippen LogP contribution in [-0.4, -0.2) is 21.9 Å².